The maximum Gasteiger partial charge on any atom is 0.350 e. The number of hydrogen-bond acceptors (Lipinski definition) is 10. The van der Waals surface area contributed by atoms with Gasteiger partial charge in [-0.3, -0.25) is 9.59 Å². The van der Waals surface area contributed by atoms with Crippen LogP contribution in [0.25, 0.3) is 0 Å². The van der Waals surface area contributed by atoms with Gasteiger partial charge in [-0.05, 0) is 11.4 Å². The fourth-order valence-corrected chi connectivity index (χ4v) is 3.08. The van der Waals surface area contributed by atoms with E-state index < -0.39 is 24.5 Å². The van der Waals surface area contributed by atoms with Gasteiger partial charge >= 0.3 is 11.9 Å². The zero-order valence-electron chi connectivity index (χ0n) is 13.4. The van der Waals surface area contributed by atoms with Gasteiger partial charge in [0.1, 0.15) is 4.88 Å². The maximum atomic E-state index is 11.8. The minimum Gasteiger partial charge on any atom is -0.465 e. The predicted octanol–water partition coefficient (Wildman–Crippen LogP) is 1.64. The lowest BCUT2D eigenvalue weighted by Gasteiger charge is -2.06. The van der Waals surface area contributed by atoms with Gasteiger partial charge in [0.25, 0.3) is 5.91 Å². The number of nitrogens with zero attached hydrogens (tertiary/aromatic N) is 2. The van der Waals surface area contributed by atoms with Gasteiger partial charge in [-0.2, -0.15) is 4.98 Å². The van der Waals surface area contributed by atoms with Crippen LogP contribution >= 0.6 is 23.1 Å². The molecule has 0 aliphatic carbocycles. The number of rotatable bonds is 8. The first-order valence-electron chi connectivity index (χ1n) is 6.97. The van der Waals surface area contributed by atoms with Crippen molar-refractivity contribution >= 4 is 46.6 Å². The smallest absolute Gasteiger partial charge is 0.350 e. The molecule has 2 heterocycles. The number of aromatic nitrogens is 2. The van der Waals surface area contributed by atoms with Crippen LogP contribution in [-0.2, 0) is 24.8 Å². The summed E-state index contributed by atoms with van der Waals surface area (Å²) in [6.07, 6.45) is 0. The molecule has 0 unspecified atom stereocenters. The van der Waals surface area contributed by atoms with E-state index in [2.05, 4.69) is 20.2 Å². The molecule has 0 aliphatic heterocycles. The van der Waals surface area contributed by atoms with E-state index in [1.165, 1.54) is 18.9 Å². The molecular weight excluding hydrogens is 370 g/mol. The summed E-state index contributed by atoms with van der Waals surface area (Å²) in [6.45, 7) is 1.23. The SMILES string of the molecule is COC(=O)c1sccc1NC(=O)COC(=O)CSCc1noc(C)n1. The van der Waals surface area contributed by atoms with E-state index in [1.54, 1.807) is 18.4 Å². The third-order valence-corrected chi connectivity index (χ3v) is 4.49. The average molecular weight is 385 g/mol. The van der Waals surface area contributed by atoms with Crippen LogP contribution in [0.4, 0.5) is 5.69 Å². The summed E-state index contributed by atoms with van der Waals surface area (Å²) in [7, 11) is 1.25. The topological polar surface area (TPSA) is 121 Å². The average Bonchev–Trinajstić information content (AvgIpc) is 3.21. The van der Waals surface area contributed by atoms with E-state index in [-0.39, 0.29) is 10.6 Å². The van der Waals surface area contributed by atoms with Gasteiger partial charge in [-0.15, -0.1) is 23.1 Å². The van der Waals surface area contributed by atoms with E-state index in [1.807, 2.05) is 0 Å². The zero-order chi connectivity index (χ0) is 18.2. The molecule has 2 aromatic rings. The van der Waals surface area contributed by atoms with Gasteiger partial charge in [0.15, 0.2) is 12.4 Å². The first-order chi connectivity index (χ1) is 12.0. The van der Waals surface area contributed by atoms with E-state index in [0.29, 0.717) is 23.2 Å². The van der Waals surface area contributed by atoms with Crippen molar-refractivity contribution in [1.82, 2.24) is 10.1 Å². The minimum atomic E-state index is -0.546. The number of hydrogen-bond donors (Lipinski definition) is 1. The highest BCUT2D eigenvalue weighted by Crippen LogP contribution is 2.23. The Morgan fingerprint density at radius 3 is 2.88 bits per heavy atom. The number of esters is 2. The Hall–Kier alpha value is -2.40. The van der Waals surface area contributed by atoms with Gasteiger partial charge in [0.05, 0.1) is 24.3 Å². The highest BCUT2D eigenvalue weighted by atomic mass is 32.2. The van der Waals surface area contributed by atoms with E-state index in [0.717, 1.165) is 11.3 Å². The van der Waals surface area contributed by atoms with Gasteiger partial charge in [-0.25, -0.2) is 4.79 Å². The number of carbonyl (C=O) groups is 3. The van der Waals surface area contributed by atoms with Crippen molar-refractivity contribution in [1.29, 1.82) is 0 Å². The van der Waals surface area contributed by atoms with Crippen LogP contribution in [0.15, 0.2) is 16.0 Å². The summed E-state index contributed by atoms with van der Waals surface area (Å²) >= 11 is 2.38. The quantitative estimate of drug-likeness (QED) is 0.676. The highest BCUT2D eigenvalue weighted by molar-refractivity contribution is 7.99. The third-order valence-electron chi connectivity index (χ3n) is 2.70. The van der Waals surface area contributed by atoms with Crippen molar-refractivity contribution in [2.24, 2.45) is 0 Å². The molecule has 2 aromatic heterocycles. The highest BCUT2D eigenvalue weighted by Gasteiger charge is 2.16. The largest absolute Gasteiger partial charge is 0.465 e. The Labute approximate surface area is 151 Å². The van der Waals surface area contributed by atoms with E-state index in [9.17, 15) is 14.4 Å². The molecule has 0 spiro atoms. The molecule has 0 aliphatic rings. The van der Waals surface area contributed by atoms with E-state index in [4.69, 9.17) is 9.26 Å². The van der Waals surface area contributed by atoms with Gasteiger partial charge < -0.3 is 19.3 Å². The number of ether oxygens (including phenoxy) is 2. The first kappa shape index (κ1) is 18.9. The second-order valence-corrected chi connectivity index (χ2v) is 6.49. The number of aryl methyl sites for hydroxylation is 1. The third kappa shape index (κ3) is 5.87. The van der Waals surface area contributed by atoms with Crippen molar-refractivity contribution in [3.8, 4) is 0 Å². The molecule has 0 aromatic carbocycles. The van der Waals surface area contributed by atoms with Crippen molar-refractivity contribution in [2.75, 3.05) is 24.8 Å². The van der Waals surface area contributed by atoms with Crippen LogP contribution in [0, 0.1) is 6.92 Å². The van der Waals surface area contributed by atoms with Crippen molar-refractivity contribution in [3.63, 3.8) is 0 Å². The van der Waals surface area contributed by atoms with Crippen LogP contribution in [0.2, 0.25) is 0 Å². The molecule has 9 nitrogen and oxygen atoms in total. The molecule has 0 saturated heterocycles. The van der Waals surface area contributed by atoms with Crippen LogP contribution in [0.5, 0.6) is 0 Å². The fourth-order valence-electron chi connectivity index (χ4n) is 1.66. The van der Waals surface area contributed by atoms with Crippen LogP contribution in [-0.4, -0.2) is 47.5 Å². The molecule has 0 radical (unpaired) electrons. The van der Waals surface area contributed by atoms with Crippen LogP contribution < -0.4 is 5.32 Å². The van der Waals surface area contributed by atoms with Crippen LogP contribution in [0.1, 0.15) is 21.4 Å². The summed E-state index contributed by atoms with van der Waals surface area (Å²) in [4.78, 5) is 39.2. The second-order valence-electron chi connectivity index (χ2n) is 4.59. The molecule has 0 atom stereocenters. The zero-order valence-corrected chi connectivity index (χ0v) is 15.1. The van der Waals surface area contributed by atoms with Gasteiger partial charge in [0, 0.05) is 6.92 Å². The molecule has 25 heavy (non-hydrogen) atoms. The molecule has 134 valence electrons. The van der Waals surface area contributed by atoms with Gasteiger partial charge in [-0.1, -0.05) is 5.16 Å². The maximum absolute atomic E-state index is 11.8. The number of nitrogens with one attached hydrogen (secondary N) is 1. The lowest BCUT2D eigenvalue weighted by atomic mass is 10.4. The number of carbonyl (C=O) groups excluding carboxylic acids is 3. The fraction of sp³-hybridized carbons (Fsp3) is 0.357. The molecule has 11 heteroatoms. The number of thiophene rings is 1. The standard InChI is InChI=1S/C14H15N3O6S2/c1-8-15-10(17-23-8)6-24-7-12(19)22-5-11(18)16-9-3-4-25-13(9)14(20)21-2/h3-4H,5-7H2,1-2H3,(H,16,18). The lowest BCUT2D eigenvalue weighted by molar-refractivity contribution is -0.144. The summed E-state index contributed by atoms with van der Waals surface area (Å²) in [6, 6.07) is 1.57. The van der Waals surface area contributed by atoms with E-state index >= 15 is 0 Å². The summed E-state index contributed by atoms with van der Waals surface area (Å²) in [5.74, 6) is -0.247. The molecule has 0 saturated carbocycles. The Balaban J connectivity index is 1.70. The molecule has 0 fully saturated rings. The Kier molecular flexibility index (Phi) is 6.95. The Bertz CT molecular complexity index is 757. The molecule has 1 amide bonds. The summed E-state index contributed by atoms with van der Waals surface area (Å²) < 4.78 is 14.3. The van der Waals surface area contributed by atoms with Gasteiger partial charge in [0.2, 0.25) is 5.89 Å². The van der Waals surface area contributed by atoms with Crippen molar-refractivity contribution in [2.45, 2.75) is 12.7 Å². The first-order valence-corrected chi connectivity index (χ1v) is 9.01. The normalized spacial score (nSPS) is 10.3. The molecule has 0 bridgehead atoms. The lowest BCUT2D eigenvalue weighted by Crippen LogP contribution is -2.22. The molecule has 2 rings (SSSR count). The number of methoxy groups -OCH3 is 1. The van der Waals surface area contributed by atoms with Crippen molar-refractivity contribution < 1.29 is 28.4 Å². The summed E-state index contributed by atoms with van der Waals surface area (Å²) in [5, 5.41) is 7.84. The van der Waals surface area contributed by atoms with Crippen LogP contribution in [0.3, 0.4) is 0 Å². The minimum absolute atomic E-state index is 0.0483. The summed E-state index contributed by atoms with van der Waals surface area (Å²) in [5.41, 5.74) is 0.319. The molecule has 1 N–H and O–H groups in total. The predicted molar refractivity (Wildman–Crippen MR) is 90.4 cm³/mol. The number of amides is 1. The number of thioether (sulfide) groups is 1. The molecular formula is C14H15N3O6S2. The van der Waals surface area contributed by atoms with Crippen molar-refractivity contribution in [3.05, 3.63) is 28.0 Å². The number of anilines is 1. The monoisotopic (exact) mass is 385 g/mol. The second kappa shape index (κ2) is 9.18. The Morgan fingerprint density at radius 1 is 1.40 bits per heavy atom. The Morgan fingerprint density at radius 2 is 2.20 bits per heavy atom.